The standard InChI is InChI=1S/C16H13N5O2S/c1-9-19-20-13(24-9)14(22)21-7-10(6-17)16(8-21)11-4-2-3-5-12(11)18-15(16)23/h2-5,10H,7-8H2,1H3,(H,18,23). The number of hydrogen-bond acceptors (Lipinski definition) is 6. The highest BCUT2D eigenvalue weighted by atomic mass is 32.1. The molecule has 4 rings (SSSR count). The van der Waals surface area contributed by atoms with Crippen LogP contribution in [-0.4, -0.2) is 40.0 Å². The maximum absolute atomic E-state index is 12.7. The summed E-state index contributed by atoms with van der Waals surface area (Å²) in [6, 6.07) is 9.56. The second kappa shape index (κ2) is 5.11. The van der Waals surface area contributed by atoms with Crippen LogP contribution in [0.3, 0.4) is 0 Å². The molecule has 0 aliphatic carbocycles. The molecule has 24 heavy (non-hydrogen) atoms. The molecule has 1 spiro atoms. The van der Waals surface area contributed by atoms with Crippen molar-refractivity contribution in [3.63, 3.8) is 0 Å². The molecule has 0 radical (unpaired) electrons. The minimum atomic E-state index is -1.01. The lowest BCUT2D eigenvalue weighted by Crippen LogP contribution is -2.42. The lowest BCUT2D eigenvalue weighted by Gasteiger charge is -2.24. The Morgan fingerprint density at radius 1 is 1.46 bits per heavy atom. The zero-order valence-electron chi connectivity index (χ0n) is 12.8. The van der Waals surface area contributed by atoms with Crippen LogP contribution in [0.1, 0.15) is 20.4 Å². The normalized spacial score (nSPS) is 24.8. The van der Waals surface area contributed by atoms with Gasteiger partial charge in [-0.25, -0.2) is 0 Å². The van der Waals surface area contributed by atoms with Gasteiger partial charge in [0.2, 0.25) is 10.9 Å². The number of anilines is 1. The van der Waals surface area contributed by atoms with Gasteiger partial charge < -0.3 is 10.2 Å². The maximum atomic E-state index is 12.7. The number of hydrogen-bond donors (Lipinski definition) is 1. The zero-order valence-corrected chi connectivity index (χ0v) is 13.6. The third-order valence-corrected chi connectivity index (χ3v) is 5.48. The van der Waals surface area contributed by atoms with E-state index in [4.69, 9.17) is 0 Å². The van der Waals surface area contributed by atoms with Gasteiger partial charge in [0.1, 0.15) is 10.4 Å². The number of carbonyl (C=O) groups is 2. The van der Waals surface area contributed by atoms with Crippen molar-refractivity contribution in [2.45, 2.75) is 12.3 Å². The number of fused-ring (bicyclic) bond motifs is 2. The Bertz CT molecular complexity index is 902. The van der Waals surface area contributed by atoms with E-state index in [-0.39, 0.29) is 29.9 Å². The Morgan fingerprint density at radius 3 is 2.96 bits per heavy atom. The maximum Gasteiger partial charge on any atom is 0.284 e. The minimum Gasteiger partial charge on any atom is -0.334 e. The summed E-state index contributed by atoms with van der Waals surface area (Å²) in [5.74, 6) is -1.10. The largest absolute Gasteiger partial charge is 0.334 e. The highest BCUT2D eigenvalue weighted by Crippen LogP contribution is 2.47. The summed E-state index contributed by atoms with van der Waals surface area (Å²) in [6.45, 7) is 2.15. The van der Waals surface area contributed by atoms with Crippen LogP contribution in [0.25, 0.3) is 0 Å². The van der Waals surface area contributed by atoms with Crippen LogP contribution in [0, 0.1) is 24.2 Å². The van der Waals surface area contributed by atoms with Crippen molar-refractivity contribution in [1.29, 1.82) is 5.26 Å². The molecule has 2 atom stereocenters. The van der Waals surface area contributed by atoms with Gasteiger partial charge in [-0.15, -0.1) is 10.2 Å². The highest BCUT2D eigenvalue weighted by Gasteiger charge is 2.58. The van der Waals surface area contributed by atoms with Gasteiger partial charge in [0.05, 0.1) is 12.0 Å². The first-order valence-electron chi connectivity index (χ1n) is 7.46. The van der Waals surface area contributed by atoms with E-state index in [0.29, 0.717) is 10.7 Å². The Labute approximate surface area is 141 Å². The van der Waals surface area contributed by atoms with E-state index in [0.717, 1.165) is 5.56 Å². The lowest BCUT2D eigenvalue weighted by molar-refractivity contribution is -0.121. The van der Waals surface area contributed by atoms with E-state index in [2.05, 4.69) is 21.6 Å². The molecule has 0 saturated carbocycles. The van der Waals surface area contributed by atoms with Crippen molar-refractivity contribution in [3.8, 4) is 6.07 Å². The molecular formula is C16H13N5O2S. The van der Waals surface area contributed by atoms with Crippen LogP contribution in [0.2, 0.25) is 0 Å². The lowest BCUT2D eigenvalue weighted by atomic mass is 9.74. The first-order chi connectivity index (χ1) is 11.6. The molecule has 1 aromatic heterocycles. The number of aryl methyl sites for hydroxylation is 1. The van der Waals surface area contributed by atoms with Gasteiger partial charge in [-0.2, -0.15) is 5.26 Å². The molecule has 1 fully saturated rings. The average Bonchev–Trinajstić information content (AvgIpc) is 3.25. The third kappa shape index (κ3) is 1.88. The molecule has 120 valence electrons. The Balaban J connectivity index is 1.74. The number of para-hydroxylation sites is 1. The first kappa shape index (κ1) is 14.8. The van der Waals surface area contributed by atoms with Gasteiger partial charge in [-0.3, -0.25) is 9.59 Å². The fraction of sp³-hybridized carbons (Fsp3) is 0.312. The van der Waals surface area contributed by atoms with Crippen LogP contribution < -0.4 is 5.32 Å². The number of carbonyl (C=O) groups excluding carboxylic acids is 2. The van der Waals surface area contributed by atoms with E-state index in [1.54, 1.807) is 6.92 Å². The zero-order chi connectivity index (χ0) is 16.9. The van der Waals surface area contributed by atoms with Crippen LogP contribution >= 0.6 is 11.3 Å². The van der Waals surface area contributed by atoms with Gasteiger partial charge in [-0.05, 0) is 18.6 Å². The molecule has 2 amide bonds. The summed E-state index contributed by atoms with van der Waals surface area (Å²) in [7, 11) is 0. The summed E-state index contributed by atoms with van der Waals surface area (Å²) in [5, 5.41) is 21.2. The fourth-order valence-corrected chi connectivity index (χ4v) is 4.18. The predicted molar refractivity (Wildman–Crippen MR) is 86.4 cm³/mol. The molecule has 1 saturated heterocycles. The number of nitriles is 1. The van der Waals surface area contributed by atoms with Crippen molar-refractivity contribution in [3.05, 3.63) is 39.8 Å². The topological polar surface area (TPSA) is 99.0 Å². The molecule has 8 heteroatoms. The Hall–Kier alpha value is -2.79. The van der Waals surface area contributed by atoms with Crippen LogP contribution in [-0.2, 0) is 10.2 Å². The van der Waals surface area contributed by atoms with Crippen LogP contribution in [0.15, 0.2) is 24.3 Å². The molecule has 2 aliphatic heterocycles. The molecule has 3 heterocycles. The van der Waals surface area contributed by atoms with Gasteiger partial charge >= 0.3 is 0 Å². The Kier molecular flexibility index (Phi) is 3.15. The number of benzene rings is 1. The van der Waals surface area contributed by atoms with E-state index in [1.807, 2.05) is 24.3 Å². The molecule has 1 aromatic carbocycles. The molecule has 2 aliphatic rings. The molecule has 2 unspecified atom stereocenters. The van der Waals surface area contributed by atoms with Crippen molar-refractivity contribution in [2.75, 3.05) is 18.4 Å². The van der Waals surface area contributed by atoms with Crippen molar-refractivity contribution < 1.29 is 9.59 Å². The summed E-state index contributed by atoms with van der Waals surface area (Å²) >= 11 is 1.21. The molecular weight excluding hydrogens is 326 g/mol. The number of nitrogens with one attached hydrogen (secondary N) is 1. The van der Waals surface area contributed by atoms with Gasteiger partial charge in [0.25, 0.3) is 5.91 Å². The second-order valence-corrected chi connectivity index (χ2v) is 7.15. The fourth-order valence-electron chi connectivity index (χ4n) is 3.52. The highest BCUT2D eigenvalue weighted by molar-refractivity contribution is 7.13. The molecule has 1 N–H and O–H groups in total. The van der Waals surface area contributed by atoms with Gasteiger partial charge in [0.15, 0.2) is 0 Å². The molecule has 0 bridgehead atoms. The number of rotatable bonds is 1. The van der Waals surface area contributed by atoms with Crippen LogP contribution in [0.4, 0.5) is 5.69 Å². The van der Waals surface area contributed by atoms with Crippen molar-refractivity contribution in [1.82, 2.24) is 15.1 Å². The number of likely N-dealkylation sites (tertiary alicyclic amines) is 1. The van der Waals surface area contributed by atoms with E-state index in [1.165, 1.54) is 16.2 Å². The van der Waals surface area contributed by atoms with Crippen LogP contribution in [0.5, 0.6) is 0 Å². The smallest absolute Gasteiger partial charge is 0.284 e. The number of aromatic nitrogens is 2. The molecule has 2 aromatic rings. The second-order valence-electron chi connectivity index (χ2n) is 5.96. The Morgan fingerprint density at radius 2 is 2.25 bits per heavy atom. The monoisotopic (exact) mass is 339 g/mol. The summed E-state index contributed by atoms with van der Waals surface area (Å²) in [4.78, 5) is 26.9. The van der Waals surface area contributed by atoms with Crippen molar-refractivity contribution >= 4 is 28.8 Å². The number of amides is 2. The summed E-state index contributed by atoms with van der Waals surface area (Å²) in [5.41, 5.74) is 0.481. The summed E-state index contributed by atoms with van der Waals surface area (Å²) < 4.78 is 0. The minimum absolute atomic E-state index is 0.172. The average molecular weight is 339 g/mol. The quantitative estimate of drug-likeness (QED) is 0.845. The summed E-state index contributed by atoms with van der Waals surface area (Å²) in [6.07, 6.45) is 0. The third-order valence-electron chi connectivity index (χ3n) is 4.65. The first-order valence-corrected chi connectivity index (χ1v) is 8.28. The van der Waals surface area contributed by atoms with Crippen molar-refractivity contribution in [2.24, 2.45) is 5.92 Å². The van der Waals surface area contributed by atoms with E-state index in [9.17, 15) is 14.9 Å². The van der Waals surface area contributed by atoms with E-state index >= 15 is 0 Å². The van der Waals surface area contributed by atoms with E-state index < -0.39 is 11.3 Å². The van der Waals surface area contributed by atoms with Gasteiger partial charge in [-0.1, -0.05) is 29.5 Å². The van der Waals surface area contributed by atoms with Gasteiger partial charge in [0, 0.05) is 18.8 Å². The number of nitrogens with zero attached hydrogens (tertiary/aromatic N) is 4. The predicted octanol–water partition coefficient (Wildman–Crippen LogP) is 1.33. The molecule has 7 nitrogen and oxygen atoms in total. The SMILES string of the molecule is Cc1nnc(C(=O)N2CC(C#N)C3(C2)C(=O)Nc2ccccc23)s1.